The Hall–Kier alpha value is -0.770. The van der Waals surface area contributed by atoms with Gasteiger partial charge in [0.25, 0.3) is 0 Å². The third-order valence-electron chi connectivity index (χ3n) is 2.35. The smallest absolute Gasteiger partial charge is 0.407 e. The van der Waals surface area contributed by atoms with Crippen LogP contribution in [0.3, 0.4) is 0 Å². The van der Waals surface area contributed by atoms with Crippen LogP contribution in [0.2, 0.25) is 0 Å². The van der Waals surface area contributed by atoms with Crippen LogP contribution in [0.15, 0.2) is 0 Å². The van der Waals surface area contributed by atoms with Crippen molar-refractivity contribution in [2.45, 2.75) is 6.42 Å². The van der Waals surface area contributed by atoms with Crippen molar-refractivity contribution >= 4 is 6.09 Å². The first-order valence-corrected chi connectivity index (χ1v) is 4.22. The van der Waals surface area contributed by atoms with E-state index in [2.05, 4.69) is 11.9 Å². The Morgan fingerprint density at radius 3 is 2.83 bits per heavy atom. The van der Waals surface area contributed by atoms with E-state index in [-0.39, 0.29) is 0 Å². The highest BCUT2D eigenvalue weighted by atomic mass is 16.4. The Bertz CT molecular complexity index is 172. The number of hydrogen-bond acceptors (Lipinski definition) is 2. The summed E-state index contributed by atoms with van der Waals surface area (Å²) < 4.78 is 0. The summed E-state index contributed by atoms with van der Waals surface area (Å²) in [6, 6.07) is 0. The van der Waals surface area contributed by atoms with Gasteiger partial charge in [-0.15, -0.1) is 0 Å². The topological polar surface area (TPSA) is 43.8 Å². The Labute approximate surface area is 72.8 Å². The molecule has 1 aliphatic rings. The van der Waals surface area contributed by atoms with Crippen LogP contribution < -0.4 is 0 Å². The molecule has 1 heterocycles. The number of hydrogen-bond donors (Lipinski definition) is 1. The van der Waals surface area contributed by atoms with Crippen molar-refractivity contribution in [1.82, 2.24) is 9.80 Å². The molecule has 0 bridgehead atoms. The Morgan fingerprint density at radius 1 is 1.75 bits per heavy atom. The van der Waals surface area contributed by atoms with E-state index < -0.39 is 6.09 Å². The van der Waals surface area contributed by atoms with Crippen LogP contribution in [-0.4, -0.2) is 54.7 Å². The molecule has 0 aromatic heterocycles. The van der Waals surface area contributed by atoms with Gasteiger partial charge >= 0.3 is 6.09 Å². The molecule has 70 valence electrons. The molecule has 0 aliphatic carbocycles. The second-order valence-corrected chi connectivity index (χ2v) is 3.58. The van der Waals surface area contributed by atoms with Gasteiger partial charge in [0.15, 0.2) is 0 Å². The molecule has 4 nitrogen and oxygen atoms in total. The minimum Gasteiger partial charge on any atom is -0.465 e. The molecule has 0 aromatic rings. The van der Waals surface area contributed by atoms with E-state index in [0.717, 1.165) is 19.5 Å². The second-order valence-electron chi connectivity index (χ2n) is 3.58. The third kappa shape index (κ3) is 2.37. The first-order chi connectivity index (χ1) is 5.59. The van der Waals surface area contributed by atoms with Crippen LogP contribution in [-0.2, 0) is 0 Å². The van der Waals surface area contributed by atoms with Crippen molar-refractivity contribution in [3.8, 4) is 0 Å². The molecule has 0 saturated carbocycles. The van der Waals surface area contributed by atoms with E-state index in [1.165, 1.54) is 4.90 Å². The number of carbonyl (C=O) groups is 1. The fourth-order valence-corrected chi connectivity index (χ4v) is 1.64. The van der Waals surface area contributed by atoms with E-state index in [9.17, 15) is 4.79 Å². The molecule has 1 saturated heterocycles. The lowest BCUT2D eigenvalue weighted by Crippen LogP contribution is -2.31. The first kappa shape index (κ1) is 9.32. The predicted molar refractivity (Wildman–Crippen MR) is 46.3 cm³/mol. The molecular formula is C8H16N2O2. The maximum Gasteiger partial charge on any atom is 0.407 e. The summed E-state index contributed by atoms with van der Waals surface area (Å²) in [5.41, 5.74) is 0. The zero-order valence-corrected chi connectivity index (χ0v) is 7.66. The summed E-state index contributed by atoms with van der Waals surface area (Å²) >= 11 is 0. The maximum atomic E-state index is 10.5. The molecule has 1 rings (SSSR count). The zero-order valence-electron chi connectivity index (χ0n) is 7.66. The van der Waals surface area contributed by atoms with Gasteiger partial charge in [0.1, 0.15) is 0 Å². The van der Waals surface area contributed by atoms with Crippen molar-refractivity contribution in [2.24, 2.45) is 5.92 Å². The van der Waals surface area contributed by atoms with E-state index in [1.54, 1.807) is 7.05 Å². The van der Waals surface area contributed by atoms with Crippen molar-refractivity contribution in [3.05, 3.63) is 0 Å². The molecule has 1 N–H and O–H groups in total. The Morgan fingerprint density at radius 2 is 2.42 bits per heavy atom. The van der Waals surface area contributed by atoms with Crippen LogP contribution in [0.5, 0.6) is 0 Å². The highest BCUT2D eigenvalue weighted by molar-refractivity contribution is 5.64. The lowest BCUT2D eigenvalue weighted by atomic mass is 10.1. The van der Waals surface area contributed by atoms with E-state index in [0.29, 0.717) is 12.5 Å². The largest absolute Gasteiger partial charge is 0.465 e. The van der Waals surface area contributed by atoms with Crippen LogP contribution >= 0.6 is 0 Å². The predicted octanol–water partition coefficient (Wildman–Crippen LogP) is 0.548. The summed E-state index contributed by atoms with van der Waals surface area (Å²) in [6.07, 6.45) is 0.290. The molecule has 0 spiro atoms. The second kappa shape index (κ2) is 3.76. The van der Waals surface area contributed by atoms with Crippen LogP contribution in [0.25, 0.3) is 0 Å². The number of likely N-dealkylation sites (tertiary alicyclic amines) is 1. The van der Waals surface area contributed by atoms with Gasteiger partial charge in [-0.25, -0.2) is 4.79 Å². The minimum atomic E-state index is -0.829. The van der Waals surface area contributed by atoms with Crippen LogP contribution in [0, 0.1) is 5.92 Å². The van der Waals surface area contributed by atoms with Crippen LogP contribution in [0.1, 0.15) is 6.42 Å². The Balaban J connectivity index is 2.27. The van der Waals surface area contributed by atoms with Gasteiger partial charge in [-0.05, 0) is 25.9 Å². The third-order valence-corrected chi connectivity index (χ3v) is 2.35. The SMILES string of the molecule is CN1CCC(CN(C)C(=O)O)C1. The lowest BCUT2D eigenvalue weighted by Gasteiger charge is -2.17. The molecule has 1 amide bonds. The fraction of sp³-hybridized carbons (Fsp3) is 0.875. The fourth-order valence-electron chi connectivity index (χ4n) is 1.64. The van der Waals surface area contributed by atoms with Gasteiger partial charge in [-0.2, -0.15) is 0 Å². The van der Waals surface area contributed by atoms with Gasteiger partial charge in [0, 0.05) is 20.1 Å². The molecule has 1 aliphatic heterocycles. The molecule has 12 heavy (non-hydrogen) atoms. The summed E-state index contributed by atoms with van der Waals surface area (Å²) in [4.78, 5) is 14.1. The van der Waals surface area contributed by atoms with Gasteiger partial charge in [0.05, 0.1) is 0 Å². The summed E-state index contributed by atoms with van der Waals surface area (Å²) in [7, 11) is 3.70. The first-order valence-electron chi connectivity index (χ1n) is 4.22. The zero-order chi connectivity index (χ0) is 9.14. The number of nitrogens with zero attached hydrogens (tertiary/aromatic N) is 2. The minimum absolute atomic E-state index is 0.524. The number of amides is 1. The van der Waals surface area contributed by atoms with Gasteiger partial charge in [-0.3, -0.25) is 0 Å². The van der Waals surface area contributed by atoms with E-state index >= 15 is 0 Å². The molecular weight excluding hydrogens is 156 g/mol. The van der Waals surface area contributed by atoms with Crippen molar-refractivity contribution < 1.29 is 9.90 Å². The summed E-state index contributed by atoms with van der Waals surface area (Å²) in [6.45, 7) is 2.79. The summed E-state index contributed by atoms with van der Waals surface area (Å²) in [5, 5.41) is 8.62. The normalized spacial score (nSPS) is 24.3. The molecule has 4 heteroatoms. The summed E-state index contributed by atoms with van der Waals surface area (Å²) in [5.74, 6) is 0.524. The van der Waals surface area contributed by atoms with Crippen LogP contribution in [0.4, 0.5) is 4.79 Å². The highest BCUT2D eigenvalue weighted by Crippen LogP contribution is 2.14. The van der Waals surface area contributed by atoms with Crippen molar-refractivity contribution in [3.63, 3.8) is 0 Å². The monoisotopic (exact) mass is 172 g/mol. The van der Waals surface area contributed by atoms with Gasteiger partial charge < -0.3 is 14.9 Å². The van der Waals surface area contributed by atoms with Crippen molar-refractivity contribution in [2.75, 3.05) is 33.7 Å². The number of carboxylic acid groups (broad SMARTS) is 1. The quantitative estimate of drug-likeness (QED) is 0.661. The van der Waals surface area contributed by atoms with E-state index in [4.69, 9.17) is 5.11 Å². The number of rotatable bonds is 2. The van der Waals surface area contributed by atoms with Crippen molar-refractivity contribution in [1.29, 1.82) is 0 Å². The maximum absolute atomic E-state index is 10.5. The Kier molecular flexibility index (Phi) is 2.92. The lowest BCUT2D eigenvalue weighted by molar-refractivity contribution is 0.149. The molecule has 0 aromatic carbocycles. The molecule has 1 fully saturated rings. The molecule has 0 radical (unpaired) electrons. The van der Waals surface area contributed by atoms with Gasteiger partial charge in [0.2, 0.25) is 0 Å². The average molecular weight is 172 g/mol. The standard InChI is InChI=1S/C8H16N2O2/c1-9-4-3-7(5-9)6-10(2)8(11)12/h7H,3-6H2,1-2H3,(H,11,12). The van der Waals surface area contributed by atoms with E-state index in [1.807, 2.05) is 0 Å². The highest BCUT2D eigenvalue weighted by Gasteiger charge is 2.21. The molecule has 1 unspecified atom stereocenters. The van der Waals surface area contributed by atoms with Gasteiger partial charge in [-0.1, -0.05) is 0 Å². The molecule has 1 atom stereocenters. The average Bonchev–Trinajstić information content (AvgIpc) is 2.35.